The lowest BCUT2D eigenvalue weighted by molar-refractivity contribution is -0.117. The van der Waals surface area contributed by atoms with Crippen LogP contribution in [0.1, 0.15) is 44.3 Å². The predicted molar refractivity (Wildman–Crippen MR) is 179 cm³/mol. The van der Waals surface area contributed by atoms with Gasteiger partial charge in [0, 0.05) is 44.1 Å². The van der Waals surface area contributed by atoms with Crippen LogP contribution in [0.5, 0.6) is 0 Å². The van der Waals surface area contributed by atoms with Crippen LogP contribution in [0.4, 0.5) is 11.4 Å². The molecule has 0 radical (unpaired) electrons. The number of nitrogens with two attached hydrogens (primary N) is 1. The standard InChI is InChI=1S/C25H34N6O3S2.C5H13NO/c1-7-31(11-12-34-5)14-17(32)27-16-10-8-9-15(13-16)20-18-19(26)21(22(33)30-25(2,3)4)36-23(18)29-24(28-20)35-6;1-3-6-4-5-7-2/h8-10,13H,7,11-12,14,26H2,1-6H3,(H,27,32)(H,30,33);6H,3-5H2,1-2H3. The summed E-state index contributed by atoms with van der Waals surface area (Å²) in [6, 6.07) is 7.46. The molecular weight excluding hydrogens is 587 g/mol. The first-order valence-electron chi connectivity index (χ1n) is 14.3. The summed E-state index contributed by atoms with van der Waals surface area (Å²) >= 11 is 2.67. The van der Waals surface area contributed by atoms with Crippen molar-refractivity contribution in [2.24, 2.45) is 0 Å². The van der Waals surface area contributed by atoms with E-state index < -0.39 is 5.54 Å². The number of aromatic nitrogens is 2. The Morgan fingerprint density at radius 2 is 1.84 bits per heavy atom. The number of nitrogens with zero attached hydrogens (tertiary/aromatic N) is 3. The maximum absolute atomic E-state index is 12.9. The van der Waals surface area contributed by atoms with Gasteiger partial charge in [0.25, 0.3) is 5.91 Å². The van der Waals surface area contributed by atoms with Crippen molar-refractivity contribution in [2.75, 3.05) is 77.5 Å². The zero-order valence-electron chi connectivity index (χ0n) is 26.6. The molecule has 5 N–H and O–H groups in total. The van der Waals surface area contributed by atoms with Gasteiger partial charge in [0.2, 0.25) is 5.91 Å². The fourth-order valence-corrected chi connectivity index (χ4v) is 5.35. The van der Waals surface area contributed by atoms with Gasteiger partial charge in [-0.1, -0.05) is 37.7 Å². The van der Waals surface area contributed by atoms with Crippen molar-refractivity contribution in [3.8, 4) is 11.3 Å². The number of nitrogen functional groups attached to an aromatic ring is 1. The Bertz CT molecular complexity index is 1320. The number of carbonyl (C=O) groups is 2. The molecule has 0 atom stereocenters. The quantitative estimate of drug-likeness (QED) is 0.115. The lowest BCUT2D eigenvalue weighted by Gasteiger charge is -2.20. The third kappa shape index (κ3) is 11.7. The van der Waals surface area contributed by atoms with Crippen LogP contribution in [-0.4, -0.2) is 98.6 Å². The summed E-state index contributed by atoms with van der Waals surface area (Å²) in [5, 5.41) is 10.3. The summed E-state index contributed by atoms with van der Waals surface area (Å²) in [6.45, 7) is 14.9. The molecule has 1 aromatic carbocycles. The number of carbonyl (C=O) groups excluding carboxylic acids is 2. The van der Waals surface area contributed by atoms with Gasteiger partial charge in [-0.25, -0.2) is 9.97 Å². The summed E-state index contributed by atoms with van der Waals surface area (Å²) in [4.78, 5) is 38.0. The highest BCUT2D eigenvalue weighted by atomic mass is 32.2. The van der Waals surface area contributed by atoms with Gasteiger partial charge < -0.3 is 31.2 Å². The minimum Gasteiger partial charge on any atom is -0.397 e. The van der Waals surface area contributed by atoms with Crippen molar-refractivity contribution in [2.45, 2.75) is 45.3 Å². The van der Waals surface area contributed by atoms with Crippen LogP contribution >= 0.6 is 23.1 Å². The van der Waals surface area contributed by atoms with Crippen molar-refractivity contribution in [3.63, 3.8) is 0 Å². The first kappa shape index (κ1) is 36.4. The zero-order chi connectivity index (χ0) is 32.0. The largest absolute Gasteiger partial charge is 0.397 e. The second kappa shape index (κ2) is 18.1. The highest BCUT2D eigenvalue weighted by Crippen LogP contribution is 2.40. The highest BCUT2D eigenvalue weighted by molar-refractivity contribution is 7.98. The van der Waals surface area contributed by atoms with E-state index in [0.29, 0.717) is 50.5 Å². The monoisotopic (exact) mass is 633 g/mol. The lowest BCUT2D eigenvalue weighted by Crippen LogP contribution is -2.40. The van der Waals surface area contributed by atoms with E-state index in [1.54, 1.807) is 14.2 Å². The van der Waals surface area contributed by atoms with E-state index in [1.807, 2.05) is 63.1 Å². The van der Waals surface area contributed by atoms with Gasteiger partial charge in [-0.2, -0.15) is 0 Å². The summed E-state index contributed by atoms with van der Waals surface area (Å²) in [5.74, 6) is -0.353. The number of ether oxygens (including phenoxy) is 2. The lowest BCUT2D eigenvalue weighted by atomic mass is 10.1. The Balaban J connectivity index is 0.000000821. The minimum atomic E-state index is -0.401. The number of amides is 2. The number of rotatable bonds is 14. The minimum absolute atomic E-state index is 0.112. The van der Waals surface area contributed by atoms with Crippen LogP contribution in [0.15, 0.2) is 29.4 Å². The molecule has 0 aliphatic heterocycles. The number of thiophene rings is 1. The molecule has 2 amide bonds. The molecule has 2 aromatic heterocycles. The second-order valence-electron chi connectivity index (χ2n) is 10.6. The number of methoxy groups -OCH3 is 2. The smallest absolute Gasteiger partial charge is 0.263 e. The normalized spacial score (nSPS) is 11.4. The van der Waals surface area contributed by atoms with E-state index in [9.17, 15) is 9.59 Å². The fraction of sp³-hybridized carbons (Fsp3) is 0.533. The Kier molecular flexibility index (Phi) is 15.3. The van der Waals surface area contributed by atoms with Gasteiger partial charge >= 0.3 is 0 Å². The molecule has 13 heteroatoms. The van der Waals surface area contributed by atoms with Gasteiger partial charge in [-0.05, 0) is 52.2 Å². The molecule has 238 valence electrons. The van der Waals surface area contributed by atoms with Crippen LogP contribution < -0.4 is 21.7 Å². The van der Waals surface area contributed by atoms with Gasteiger partial charge in [-0.15, -0.1) is 11.3 Å². The molecular formula is C30H47N7O4S2. The van der Waals surface area contributed by atoms with Crippen LogP contribution in [0.2, 0.25) is 0 Å². The van der Waals surface area contributed by atoms with Crippen LogP contribution in [0.3, 0.4) is 0 Å². The molecule has 0 aliphatic rings. The molecule has 43 heavy (non-hydrogen) atoms. The Morgan fingerprint density at radius 3 is 2.44 bits per heavy atom. The maximum atomic E-state index is 12.9. The molecule has 0 bridgehead atoms. The number of benzene rings is 1. The number of likely N-dealkylation sites (N-methyl/N-ethyl adjacent to an activating group) is 2. The average molecular weight is 634 g/mol. The number of anilines is 2. The molecule has 2 heterocycles. The highest BCUT2D eigenvalue weighted by Gasteiger charge is 2.24. The van der Waals surface area contributed by atoms with Gasteiger partial charge in [0.05, 0.1) is 36.5 Å². The zero-order valence-corrected chi connectivity index (χ0v) is 28.3. The molecule has 0 saturated carbocycles. The molecule has 11 nitrogen and oxygen atoms in total. The van der Waals surface area contributed by atoms with Crippen LogP contribution in [0.25, 0.3) is 21.5 Å². The summed E-state index contributed by atoms with van der Waals surface area (Å²) in [5.41, 5.74) is 8.49. The first-order chi connectivity index (χ1) is 20.5. The van der Waals surface area contributed by atoms with Crippen molar-refractivity contribution in [1.82, 2.24) is 25.5 Å². The number of thioether (sulfide) groups is 1. The molecule has 0 saturated heterocycles. The molecule has 0 fully saturated rings. The van der Waals surface area contributed by atoms with E-state index in [1.165, 1.54) is 23.1 Å². The molecule has 0 spiro atoms. The van der Waals surface area contributed by atoms with E-state index in [0.717, 1.165) is 31.8 Å². The Labute approximate surface area is 263 Å². The van der Waals surface area contributed by atoms with E-state index in [-0.39, 0.29) is 18.4 Å². The Morgan fingerprint density at radius 1 is 1.12 bits per heavy atom. The van der Waals surface area contributed by atoms with Crippen LogP contribution in [0, 0.1) is 0 Å². The van der Waals surface area contributed by atoms with E-state index in [2.05, 4.69) is 27.9 Å². The van der Waals surface area contributed by atoms with Gasteiger partial charge in [0.1, 0.15) is 9.71 Å². The molecule has 3 aromatic rings. The average Bonchev–Trinajstić information content (AvgIpc) is 3.30. The van der Waals surface area contributed by atoms with E-state index in [4.69, 9.17) is 20.2 Å². The van der Waals surface area contributed by atoms with Gasteiger partial charge in [-0.3, -0.25) is 14.5 Å². The van der Waals surface area contributed by atoms with Crippen LogP contribution in [-0.2, 0) is 14.3 Å². The first-order valence-corrected chi connectivity index (χ1v) is 16.3. The summed E-state index contributed by atoms with van der Waals surface area (Å²) < 4.78 is 9.90. The van der Waals surface area contributed by atoms with Gasteiger partial charge in [0.15, 0.2) is 5.16 Å². The third-order valence-corrected chi connectivity index (χ3v) is 7.67. The Hall–Kier alpha value is -2.81. The molecule has 0 unspecified atom stereocenters. The molecule has 3 rings (SSSR count). The van der Waals surface area contributed by atoms with Crippen molar-refractivity contribution < 1.29 is 19.1 Å². The topological polar surface area (TPSA) is 144 Å². The summed E-state index contributed by atoms with van der Waals surface area (Å²) in [6.07, 6.45) is 1.90. The molecule has 0 aliphatic carbocycles. The predicted octanol–water partition coefficient (Wildman–Crippen LogP) is 4.34. The van der Waals surface area contributed by atoms with Crippen molar-refractivity contribution in [3.05, 3.63) is 29.1 Å². The van der Waals surface area contributed by atoms with E-state index >= 15 is 0 Å². The SMILES string of the molecule is CCN(CCOC)CC(=O)Nc1cccc(-c2nc(SC)nc3sc(C(=O)NC(C)(C)C)c(N)c23)c1.CCNCCOC. The number of fused-ring (bicyclic) bond motifs is 1. The number of hydrogen-bond donors (Lipinski definition) is 4. The second-order valence-corrected chi connectivity index (χ2v) is 12.4. The van der Waals surface area contributed by atoms with Crippen molar-refractivity contribution >= 4 is 56.5 Å². The maximum Gasteiger partial charge on any atom is 0.263 e. The number of hydrogen-bond acceptors (Lipinski definition) is 11. The number of nitrogens with one attached hydrogen (secondary N) is 3. The summed E-state index contributed by atoms with van der Waals surface area (Å²) in [7, 11) is 3.35. The van der Waals surface area contributed by atoms with Crippen molar-refractivity contribution in [1.29, 1.82) is 0 Å². The fourth-order valence-electron chi connectivity index (χ4n) is 3.94. The third-order valence-electron chi connectivity index (χ3n) is 6.02.